The summed E-state index contributed by atoms with van der Waals surface area (Å²) in [5.41, 5.74) is 0.134. The molecule has 0 saturated heterocycles. The first-order valence-corrected chi connectivity index (χ1v) is 7.36. The Morgan fingerprint density at radius 3 is 2.37 bits per heavy atom. The van der Waals surface area contributed by atoms with Crippen LogP contribution in [0.25, 0.3) is 0 Å². The molecule has 0 spiro atoms. The van der Waals surface area contributed by atoms with Crippen LogP contribution in [-0.2, 0) is 10.0 Å². The van der Waals surface area contributed by atoms with Gasteiger partial charge in [-0.1, -0.05) is 35.3 Å². The van der Waals surface area contributed by atoms with Gasteiger partial charge in [0, 0.05) is 5.02 Å². The Labute approximate surface area is 120 Å². The van der Waals surface area contributed by atoms with Crippen LogP contribution in [0.1, 0.15) is 0 Å². The third kappa shape index (κ3) is 3.18. The lowest BCUT2D eigenvalue weighted by molar-refractivity contribution is 0.570. The summed E-state index contributed by atoms with van der Waals surface area (Å²) >= 11 is 11.6. The third-order valence-electron chi connectivity index (χ3n) is 2.30. The van der Waals surface area contributed by atoms with Crippen molar-refractivity contribution >= 4 is 38.9 Å². The van der Waals surface area contributed by atoms with E-state index in [1.54, 1.807) is 0 Å². The number of rotatable bonds is 3. The van der Waals surface area contributed by atoms with Crippen molar-refractivity contribution in [3.63, 3.8) is 0 Å². The maximum absolute atomic E-state index is 13.5. The van der Waals surface area contributed by atoms with E-state index in [1.807, 2.05) is 0 Å². The molecule has 3 nitrogen and oxygen atoms in total. The van der Waals surface area contributed by atoms with Crippen LogP contribution in [-0.4, -0.2) is 8.42 Å². The Kier molecular flexibility index (Phi) is 3.99. The first kappa shape index (κ1) is 14.1. The first-order chi connectivity index (χ1) is 8.90. The summed E-state index contributed by atoms with van der Waals surface area (Å²) in [5, 5.41) is 0.506. The van der Waals surface area contributed by atoms with E-state index >= 15 is 0 Å². The summed E-state index contributed by atoms with van der Waals surface area (Å²) in [6, 6.07) is 9.35. The van der Waals surface area contributed by atoms with Crippen molar-refractivity contribution < 1.29 is 12.8 Å². The second kappa shape index (κ2) is 5.36. The van der Waals surface area contributed by atoms with E-state index in [1.165, 1.54) is 36.4 Å². The number of hydrogen-bond acceptors (Lipinski definition) is 2. The fraction of sp³-hybridized carbons (Fsp3) is 0. The summed E-state index contributed by atoms with van der Waals surface area (Å²) in [4.78, 5) is -0.444. The molecule has 0 unspecified atom stereocenters. The molecule has 2 rings (SSSR count). The predicted octanol–water partition coefficient (Wildman–Crippen LogP) is 3.93. The molecule has 100 valence electrons. The third-order valence-corrected chi connectivity index (χ3v) is 4.25. The smallest absolute Gasteiger partial charge is 0.264 e. The highest BCUT2D eigenvalue weighted by atomic mass is 35.5. The summed E-state index contributed by atoms with van der Waals surface area (Å²) in [6.45, 7) is 0. The lowest BCUT2D eigenvalue weighted by atomic mass is 10.3. The first-order valence-electron chi connectivity index (χ1n) is 5.12. The molecule has 0 aliphatic heterocycles. The topological polar surface area (TPSA) is 46.2 Å². The van der Waals surface area contributed by atoms with Crippen LogP contribution in [0.4, 0.5) is 10.1 Å². The molecule has 7 heteroatoms. The van der Waals surface area contributed by atoms with Gasteiger partial charge >= 0.3 is 0 Å². The van der Waals surface area contributed by atoms with Gasteiger partial charge in [-0.05, 0) is 30.3 Å². The number of anilines is 1. The van der Waals surface area contributed by atoms with E-state index in [0.29, 0.717) is 5.02 Å². The van der Waals surface area contributed by atoms with Gasteiger partial charge in [-0.25, -0.2) is 12.8 Å². The Morgan fingerprint density at radius 1 is 1.05 bits per heavy atom. The second-order valence-electron chi connectivity index (χ2n) is 3.66. The molecule has 0 heterocycles. The molecule has 2 aromatic rings. The Hall–Kier alpha value is -1.30. The molecule has 0 aliphatic rings. The van der Waals surface area contributed by atoms with Crippen molar-refractivity contribution in [2.45, 2.75) is 4.90 Å². The monoisotopic (exact) mass is 319 g/mol. The summed E-state index contributed by atoms with van der Waals surface area (Å²) in [7, 11) is -4.03. The molecular formula is C12H8Cl2FNO2S. The molecule has 19 heavy (non-hydrogen) atoms. The fourth-order valence-electron chi connectivity index (χ4n) is 1.43. The van der Waals surface area contributed by atoms with Crippen molar-refractivity contribution in [3.05, 3.63) is 58.3 Å². The molecule has 0 aliphatic carbocycles. The zero-order valence-electron chi connectivity index (χ0n) is 9.40. The molecule has 0 aromatic heterocycles. The van der Waals surface area contributed by atoms with E-state index in [0.717, 1.165) is 6.07 Å². The van der Waals surface area contributed by atoms with Gasteiger partial charge in [-0.3, -0.25) is 4.72 Å². The predicted molar refractivity (Wildman–Crippen MR) is 73.7 cm³/mol. The minimum absolute atomic E-state index is 0.132. The van der Waals surface area contributed by atoms with Gasteiger partial charge in [0.25, 0.3) is 10.0 Å². The number of nitrogens with one attached hydrogen (secondary N) is 1. The van der Waals surface area contributed by atoms with Crippen molar-refractivity contribution in [2.75, 3.05) is 4.72 Å². The molecule has 0 atom stereocenters. The van der Waals surface area contributed by atoms with E-state index in [2.05, 4.69) is 4.72 Å². The highest BCUT2D eigenvalue weighted by molar-refractivity contribution is 7.92. The number of halogens is 3. The summed E-state index contributed by atoms with van der Waals surface area (Å²) in [6.07, 6.45) is 0. The van der Waals surface area contributed by atoms with Crippen LogP contribution in [0.3, 0.4) is 0 Å². The van der Waals surface area contributed by atoms with Crippen molar-refractivity contribution in [2.24, 2.45) is 0 Å². The van der Waals surface area contributed by atoms with Crippen molar-refractivity contribution in [3.8, 4) is 0 Å². The number of hydrogen-bond donors (Lipinski definition) is 1. The zero-order valence-corrected chi connectivity index (χ0v) is 11.7. The quantitative estimate of drug-likeness (QED) is 0.931. The molecule has 0 radical (unpaired) electrons. The zero-order chi connectivity index (χ0) is 14.0. The summed E-state index contributed by atoms with van der Waals surface area (Å²) in [5.74, 6) is -0.833. The average Bonchev–Trinajstić information content (AvgIpc) is 2.33. The van der Waals surface area contributed by atoms with Crippen LogP contribution in [0.5, 0.6) is 0 Å². The fourth-order valence-corrected chi connectivity index (χ4v) is 3.11. The van der Waals surface area contributed by atoms with Crippen LogP contribution < -0.4 is 4.72 Å². The molecule has 2 aromatic carbocycles. The highest BCUT2D eigenvalue weighted by Crippen LogP contribution is 2.28. The van der Waals surface area contributed by atoms with E-state index in [-0.39, 0.29) is 10.7 Å². The molecule has 0 bridgehead atoms. The van der Waals surface area contributed by atoms with Gasteiger partial charge in [0.15, 0.2) is 0 Å². The van der Waals surface area contributed by atoms with Gasteiger partial charge in [0.1, 0.15) is 10.7 Å². The minimum Gasteiger partial charge on any atom is -0.278 e. The van der Waals surface area contributed by atoms with Gasteiger partial charge in [-0.2, -0.15) is 0 Å². The van der Waals surface area contributed by atoms with Crippen LogP contribution in [0, 0.1) is 5.82 Å². The largest absolute Gasteiger partial charge is 0.278 e. The molecule has 0 fully saturated rings. The van der Waals surface area contributed by atoms with Crippen molar-refractivity contribution in [1.82, 2.24) is 0 Å². The van der Waals surface area contributed by atoms with Gasteiger partial charge in [0.05, 0.1) is 10.7 Å². The van der Waals surface area contributed by atoms with Crippen LogP contribution in [0.2, 0.25) is 10.0 Å². The normalized spacial score (nSPS) is 11.3. The minimum atomic E-state index is -4.03. The summed E-state index contributed by atoms with van der Waals surface area (Å²) < 4.78 is 39.7. The van der Waals surface area contributed by atoms with Crippen LogP contribution in [0.15, 0.2) is 47.4 Å². The highest BCUT2D eigenvalue weighted by Gasteiger charge is 2.19. The Balaban J connectivity index is 2.40. The molecule has 1 N–H and O–H groups in total. The maximum Gasteiger partial charge on any atom is 0.264 e. The van der Waals surface area contributed by atoms with E-state index in [4.69, 9.17) is 23.2 Å². The standard InChI is InChI=1S/C12H8Cl2FNO2S/c13-8-5-6-11(9(14)7-8)16-19(17,18)12-4-2-1-3-10(12)15/h1-7,16H. The Morgan fingerprint density at radius 2 is 1.74 bits per heavy atom. The van der Waals surface area contributed by atoms with Gasteiger partial charge in [-0.15, -0.1) is 0 Å². The van der Waals surface area contributed by atoms with E-state index in [9.17, 15) is 12.8 Å². The van der Waals surface area contributed by atoms with Crippen LogP contribution >= 0.6 is 23.2 Å². The molecule has 0 saturated carbocycles. The van der Waals surface area contributed by atoms with E-state index < -0.39 is 20.7 Å². The van der Waals surface area contributed by atoms with Gasteiger partial charge in [0.2, 0.25) is 0 Å². The lowest BCUT2D eigenvalue weighted by Gasteiger charge is -2.10. The Bertz CT molecular complexity index is 719. The number of sulfonamides is 1. The lowest BCUT2D eigenvalue weighted by Crippen LogP contribution is -2.14. The second-order valence-corrected chi connectivity index (χ2v) is 6.15. The SMILES string of the molecule is O=S(=O)(Nc1ccc(Cl)cc1Cl)c1ccccc1F. The maximum atomic E-state index is 13.5. The van der Waals surface area contributed by atoms with Gasteiger partial charge < -0.3 is 0 Å². The molecule has 0 amide bonds. The number of benzene rings is 2. The average molecular weight is 320 g/mol. The molecular weight excluding hydrogens is 312 g/mol. The van der Waals surface area contributed by atoms with Crippen molar-refractivity contribution in [1.29, 1.82) is 0 Å².